The monoisotopic (exact) mass is 265 g/mol. The Morgan fingerprint density at radius 2 is 2.11 bits per heavy atom. The van der Waals surface area contributed by atoms with Crippen LogP contribution in [0.4, 0.5) is 5.69 Å². The lowest BCUT2D eigenvalue weighted by atomic mass is 10.2. The highest BCUT2D eigenvalue weighted by atomic mass is 16.6. The van der Waals surface area contributed by atoms with Crippen LogP contribution in [0, 0.1) is 10.1 Å². The highest BCUT2D eigenvalue weighted by molar-refractivity contribution is 5.76. The van der Waals surface area contributed by atoms with E-state index in [1.807, 2.05) is 0 Å². The quantitative estimate of drug-likeness (QED) is 0.644. The number of nitrogens with zero attached hydrogens (tertiary/aromatic N) is 2. The SMILES string of the molecule is O=C(Cn1cc([N+](=O)[O-])ccc1=O)NC1CCCC1. The summed E-state index contributed by atoms with van der Waals surface area (Å²) >= 11 is 0. The van der Waals surface area contributed by atoms with Gasteiger partial charge in [-0.3, -0.25) is 24.3 Å². The zero-order chi connectivity index (χ0) is 13.8. The molecule has 1 saturated carbocycles. The second-order valence-corrected chi connectivity index (χ2v) is 4.66. The fraction of sp³-hybridized carbons (Fsp3) is 0.500. The summed E-state index contributed by atoms with van der Waals surface area (Å²) in [5.41, 5.74) is -0.625. The van der Waals surface area contributed by atoms with E-state index in [-0.39, 0.29) is 24.2 Å². The van der Waals surface area contributed by atoms with Crippen LogP contribution in [0.3, 0.4) is 0 Å². The van der Waals surface area contributed by atoms with E-state index in [9.17, 15) is 19.7 Å². The number of hydrogen-bond acceptors (Lipinski definition) is 4. The fourth-order valence-corrected chi connectivity index (χ4v) is 2.25. The first-order chi connectivity index (χ1) is 9.06. The van der Waals surface area contributed by atoms with E-state index in [0.717, 1.165) is 48.6 Å². The highest BCUT2D eigenvalue weighted by Gasteiger charge is 2.18. The summed E-state index contributed by atoms with van der Waals surface area (Å²) < 4.78 is 1.06. The lowest BCUT2D eigenvalue weighted by molar-refractivity contribution is -0.385. The standard InChI is InChI=1S/C12H15N3O4/c16-11(13-9-3-1-2-4-9)8-14-7-10(15(18)19)5-6-12(14)17/h5-7,9H,1-4,8H2,(H,13,16). The van der Waals surface area contributed by atoms with Crippen LogP contribution >= 0.6 is 0 Å². The Hall–Kier alpha value is -2.18. The zero-order valence-electron chi connectivity index (χ0n) is 10.4. The molecule has 1 N–H and O–H groups in total. The molecule has 1 aromatic heterocycles. The summed E-state index contributed by atoms with van der Waals surface area (Å²) in [6.45, 7) is -0.184. The molecule has 1 fully saturated rings. The van der Waals surface area contributed by atoms with Gasteiger partial charge in [0.1, 0.15) is 6.54 Å². The number of hydrogen-bond donors (Lipinski definition) is 1. The average Bonchev–Trinajstić information content (AvgIpc) is 2.84. The van der Waals surface area contributed by atoms with Gasteiger partial charge in [0.05, 0.1) is 11.1 Å². The van der Waals surface area contributed by atoms with Crippen molar-refractivity contribution < 1.29 is 9.72 Å². The molecule has 2 rings (SSSR count). The summed E-state index contributed by atoms with van der Waals surface area (Å²) in [5, 5.41) is 13.5. The Balaban J connectivity index is 2.05. The largest absolute Gasteiger partial charge is 0.352 e. The van der Waals surface area contributed by atoms with E-state index in [2.05, 4.69) is 5.32 Å². The van der Waals surface area contributed by atoms with Crippen LogP contribution in [0.25, 0.3) is 0 Å². The van der Waals surface area contributed by atoms with Gasteiger partial charge in [0.15, 0.2) is 0 Å². The number of pyridine rings is 1. The van der Waals surface area contributed by atoms with E-state index >= 15 is 0 Å². The minimum absolute atomic E-state index is 0.168. The summed E-state index contributed by atoms with van der Waals surface area (Å²) in [4.78, 5) is 33.3. The van der Waals surface area contributed by atoms with Gasteiger partial charge in [0, 0.05) is 18.2 Å². The van der Waals surface area contributed by atoms with Gasteiger partial charge in [-0.15, -0.1) is 0 Å². The molecule has 0 spiro atoms. The van der Waals surface area contributed by atoms with Gasteiger partial charge in [-0.2, -0.15) is 0 Å². The summed E-state index contributed by atoms with van der Waals surface area (Å²) in [5.74, 6) is -0.283. The topological polar surface area (TPSA) is 94.2 Å². The van der Waals surface area contributed by atoms with Gasteiger partial charge < -0.3 is 5.32 Å². The maximum Gasteiger partial charge on any atom is 0.285 e. The lowest BCUT2D eigenvalue weighted by Crippen LogP contribution is -2.37. The number of carbonyl (C=O) groups is 1. The van der Waals surface area contributed by atoms with Gasteiger partial charge in [-0.05, 0) is 12.8 Å². The maximum absolute atomic E-state index is 11.8. The van der Waals surface area contributed by atoms with Crippen LogP contribution < -0.4 is 10.9 Å². The number of amides is 1. The van der Waals surface area contributed by atoms with Crippen molar-refractivity contribution in [2.24, 2.45) is 0 Å². The zero-order valence-corrected chi connectivity index (χ0v) is 10.4. The van der Waals surface area contributed by atoms with Gasteiger partial charge in [-0.1, -0.05) is 12.8 Å². The predicted molar refractivity (Wildman–Crippen MR) is 67.8 cm³/mol. The van der Waals surface area contributed by atoms with E-state index < -0.39 is 10.5 Å². The summed E-state index contributed by atoms with van der Waals surface area (Å²) in [6, 6.07) is 2.40. The minimum Gasteiger partial charge on any atom is -0.352 e. The Morgan fingerprint density at radius 3 is 2.74 bits per heavy atom. The Labute approximate surface area is 109 Å². The van der Waals surface area contributed by atoms with Crippen LogP contribution in [-0.2, 0) is 11.3 Å². The molecule has 0 aromatic carbocycles. The minimum atomic E-state index is -0.592. The van der Waals surface area contributed by atoms with Crippen molar-refractivity contribution in [3.63, 3.8) is 0 Å². The molecular weight excluding hydrogens is 250 g/mol. The van der Waals surface area contributed by atoms with Crippen LogP contribution in [0.2, 0.25) is 0 Å². The van der Waals surface area contributed by atoms with Crippen molar-refractivity contribution >= 4 is 11.6 Å². The molecule has 0 unspecified atom stereocenters. The van der Waals surface area contributed by atoms with Gasteiger partial charge >= 0.3 is 0 Å². The number of aromatic nitrogens is 1. The number of nitro groups is 1. The Kier molecular flexibility index (Phi) is 3.94. The third-order valence-electron chi connectivity index (χ3n) is 3.21. The summed E-state index contributed by atoms with van der Waals surface area (Å²) in [6.07, 6.45) is 5.20. The molecule has 0 aliphatic heterocycles. The Morgan fingerprint density at radius 1 is 1.42 bits per heavy atom. The predicted octanol–water partition coefficient (Wildman–Crippen LogP) is 0.815. The van der Waals surface area contributed by atoms with Gasteiger partial charge in [0.2, 0.25) is 5.91 Å². The molecule has 7 nitrogen and oxygen atoms in total. The first-order valence-electron chi connectivity index (χ1n) is 6.20. The van der Waals surface area contributed by atoms with E-state index in [4.69, 9.17) is 0 Å². The third-order valence-corrected chi connectivity index (χ3v) is 3.21. The van der Waals surface area contributed by atoms with Crippen LogP contribution in [-0.4, -0.2) is 21.4 Å². The average molecular weight is 265 g/mol. The van der Waals surface area contributed by atoms with Crippen molar-refractivity contribution in [2.45, 2.75) is 38.3 Å². The number of rotatable bonds is 4. The van der Waals surface area contributed by atoms with E-state index in [0.29, 0.717) is 0 Å². The molecule has 7 heteroatoms. The second kappa shape index (κ2) is 5.64. The third kappa shape index (κ3) is 3.40. The highest BCUT2D eigenvalue weighted by Crippen LogP contribution is 2.17. The molecule has 0 radical (unpaired) electrons. The van der Waals surface area contributed by atoms with Crippen LogP contribution in [0.5, 0.6) is 0 Å². The molecule has 0 bridgehead atoms. The van der Waals surface area contributed by atoms with Gasteiger partial charge in [0.25, 0.3) is 11.2 Å². The first-order valence-corrected chi connectivity index (χ1v) is 6.20. The van der Waals surface area contributed by atoms with Crippen LogP contribution in [0.1, 0.15) is 25.7 Å². The number of carbonyl (C=O) groups excluding carboxylic acids is 1. The molecule has 1 aliphatic carbocycles. The van der Waals surface area contributed by atoms with E-state index in [1.165, 1.54) is 0 Å². The molecule has 0 atom stereocenters. The normalized spacial score (nSPS) is 15.4. The Bertz CT molecular complexity index is 546. The summed E-state index contributed by atoms with van der Waals surface area (Å²) in [7, 11) is 0. The van der Waals surface area contributed by atoms with Crippen molar-refractivity contribution in [3.05, 3.63) is 38.8 Å². The van der Waals surface area contributed by atoms with Gasteiger partial charge in [-0.25, -0.2) is 0 Å². The van der Waals surface area contributed by atoms with E-state index in [1.54, 1.807) is 0 Å². The van der Waals surface area contributed by atoms with Crippen molar-refractivity contribution in [3.8, 4) is 0 Å². The smallest absolute Gasteiger partial charge is 0.285 e. The molecule has 1 aliphatic rings. The second-order valence-electron chi connectivity index (χ2n) is 4.66. The molecule has 0 saturated heterocycles. The molecule has 1 heterocycles. The fourth-order valence-electron chi connectivity index (χ4n) is 2.25. The molecular formula is C12H15N3O4. The molecule has 102 valence electrons. The first kappa shape index (κ1) is 13.3. The van der Waals surface area contributed by atoms with Crippen molar-refractivity contribution in [2.75, 3.05) is 0 Å². The molecule has 1 amide bonds. The maximum atomic E-state index is 11.8. The molecule has 1 aromatic rings. The van der Waals surface area contributed by atoms with Crippen molar-refractivity contribution in [1.29, 1.82) is 0 Å². The number of nitrogens with one attached hydrogen (secondary N) is 1. The van der Waals surface area contributed by atoms with Crippen LogP contribution in [0.15, 0.2) is 23.1 Å². The molecule has 19 heavy (non-hydrogen) atoms. The van der Waals surface area contributed by atoms with Crippen molar-refractivity contribution in [1.82, 2.24) is 9.88 Å². The lowest BCUT2D eigenvalue weighted by Gasteiger charge is -2.12.